The molecule has 3 heterocycles. The lowest BCUT2D eigenvalue weighted by Crippen LogP contribution is -2.60. The first-order chi connectivity index (χ1) is 20.3. The van der Waals surface area contributed by atoms with E-state index in [2.05, 4.69) is 4.98 Å². The van der Waals surface area contributed by atoms with Gasteiger partial charge in [0.2, 0.25) is 23.7 Å². The zero-order valence-corrected chi connectivity index (χ0v) is 23.6. The minimum Gasteiger partial charge on any atom is -0.368 e. The lowest BCUT2D eigenvalue weighted by molar-refractivity contribution is -0.145. The van der Waals surface area contributed by atoms with E-state index >= 15 is 8.78 Å². The van der Waals surface area contributed by atoms with Crippen molar-refractivity contribution in [2.24, 2.45) is 5.73 Å². The smallest absolute Gasteiger partial charge is 0.331 e. The number of nitrogens with two attached hydrogens (primary N) is 1. The number of carbonyl (C=O) groups is 2. The zero-order chi connectivity index (χ0) is 31.3. The standard InChI is InChI=1S/C30H31F4N5O4/c1-3-38-26(41)17(2)14-37(28(38)43)16-23(40)39-15-20(31)13-30(39,27(35)42)24(18-7-5-4-6-8-18)22-10-9-21(25(32)36-22)19-11-29(33,34)12-19/h4-10,14,19-20,24H,3,11-13,15-16H2,1-2H3,(H2,35,42)/t20?,24-,30?/m1/s1. The number of nitrogens with zero attached hydrogens (tertiary/aromatic N) is 4. The SMILES string of the molecule is CCn1c(=O)c(C)cn(CC(=O)N2CC(F)CC2(C(N)=O)[C@H](c2ccccc2)c2ccc(C3CC(F)(F)C3)c(F)n2)c1=O. The fraction of sp³-hybridized carbons (Fsp3) is 0.433. The van der Waals surface area contributed by atoms with Gasteiger partial charge in [-0.15, -0.1) is 0 Å². The Hall–Kier alpha value is -4.29. The molecule has 3 aromatic rings. The predicted molar refractivity (Wildman–Crippen MR) is 148 cm³/mol. The lowest BCUT2D eigenvalue weighted by atomic mass is 9.73. The molecule has 3 atom stereocenters. The number of amides is 2. The van der Waals surface area contributed by atoms with Gasteiger partial charge in [0.25, 0.3) is 5.56 Å². The molecule has 1 saturated carbocycles. The van der Waals surface area contributed by atoms with Crippen molar-refractivity contribution in [2.45, 2.75) is 75.7 Å². The molecule has 2 amide bonds. The Morgan fingerprint density at radius 3 is 2.35 bits per heavy atom. The first kappa shape index (κ1) is 30.2. The first-order valence-corrected chi connectivity index (χ1v) is 13.9. The van der Waals surface area contributed by atoms with Crippen LogP contribution in [0, 0.1) is 12.9 Å². The number of carbonyl (C=O) groups excluding carboxylic acids is 2. The van der Waals surface area contributed by atoms with E-state index in [1.807, 2.05) is 0 Å². The number of alkyl halides is 3. The molecule has 0 bridgehead atoms. The molecule has 9 nitrogen and oxygen atoms in total. The molecule has 1 aliphatic carbocycles. The summed E-state index contributed by atoms with van der Waals surface area (Å²) in [6.45, 7) is 1.97. The molecular formula is C30H31F4N5O4. The monoisotopic (exact) mass is 601 g/mol. The van der Waals surface area contributed by atoms with Gasteiger partial charge in [-0.1, -0.05) is 36.4 Å². The van der Waals surface area contributed by atoms with Crippen LogP contribution in [0.2, 0.25) is 0 Å². The van der Waals surface area contributed by atoms with Gasteiger partial charge in [0.1, 0.15) is 18.3 Å². The van der Waals surface area contributed by atoms with Gasteiger partial charge in [0.05, 0.1) is 18.2 Å². The van der Waals surface area contributed by atoms with E-state index in [-0.39, 0.29) is 23.4 Å². The van der Waals surface area contributed by atoms with Crippen LogP contribution in [0.4, 0.5) is 17.6 Å². The molecule has 5 rings (SSSR count). The minimum atomic E-state index is -2.88. The maximum Gasteiger partial charge on any atom is 0.331 e. The summed E-state index contributed by atoms with van der Waals surface area (Å²) in [5, 5.41) is 0. The van der Waals surface area contributed by atoms with Crippen LogP contribution >= 0.6 is 0 Å². The summed E-state index contributed by atoms with van der Waals surface area (Å²) < 4.78 is 59.7. The number of halogens is 4. The Morgan fingerprint density at radius 1 is 1.09 bits per heavy atom. The lowest BCUT2D eigenvalue weighted by Gasteiger charge is -2.42. The number of primary amides is 1. The molecule has 2 aromatic heterocycles. The van der Waals surface area contributed by atoms with Gasteiger partial charge in [0, 0.05) is 43.1 Å². The van der Waals surface area contributed by atoms with Gasteiger partial charge in [-0.3, -0.25) is 23.5 Å². The Bertz CT molecular complexity index is 1680. The average Bonchev–Trinajstić information content (AvgIpc) is 3.29. The van der Waals surface area contributed by atoms with Crippen LogP contribution in [-0.2, 0) is 22.7 Å². The van der Waals surface area contributed by atoms with E-state index in [9.17, 15) is 28.0 Å². The number of aromatic nitrogens is 3. The third-order valence-corrected chi connectivity index (χ3v) is 8.49. The van der Waals surface area contributed by atoms with Crippen molar-refractivity contribution in [3.05, 3.63) is 97.8 Å². The fourth-order valence-electron chi connectivity index (χ4n) is 6.41. The third kappa shape index (κ3) is 5.25. The third-order valence-electron chi connectivity index (χ3n) is 8.49. The molecule has 0 spiro atoms. The number of benzene rings is 1. The molecule has 43 heavy (non-hydrogen) atoms. The molecule has 228 valence electrons. The highest BCUT2D eigenvalue weighted by molar-refractivity contribution is 5.93. The Kier molecular flexibility index (Phi) is 7.78. The van der Waals surface area contributed by atoms with E-state index in [0.717, 1.165) is 14.0 Å². The highest BCUT2D eigenvalue weighted by atomic mass is 19.3. The van der Waals surface area contributed by atoms with Crippen LogP contribution in [0.25, 0.3) is 0 Å². The number of rotatable bonds is 8. The quantitative estimate of drug-likeness (QED) is 0.315. The largest absolute Gasteiger partial charge is 0.368 e. The number of pyridine rings is 1. The molecule has 2 aliphatic rings. The van der Waals surface area contributed by atoms with Gasteiger partial charge < -0.3 is 10.6 Å². The van der Waals surface area contributed by atoms with Crippen molar-refractivity contribution in [3.63, 3.8) is 0 Å². The van der Waals surface area contributed by atoms with E-state index in [1.165, 1.54) is 25.3 Å². The summed E-state index contributed by atoms with van der Waals surface area (Å²) in [6, 6.07) is 10.9. The second-order valence-corrected chi connectivity index (χ2v) is 11.3. The normalized spacial score (nSPS) is 22.3. The van der Waals surface area contributed by atoms with Crippen LogP contribution in [0.15, 0.2) is 58.3 Å². The summed E-state index contributed by atoms with van der Waals surface area (Å²) >= 11 is 0. The minimum absolute atomic E-state index is 0.00173. The fourth-order valence-corrected chi connectivity index (χ4v) is 6.41. The van der Waals surface area contributed by atoms with Gasteiger partial charge in [-0.2, -0.15) is 4.39 Å². The first-order valence-electron chi connectivity index (χ1n) is 13.9. The molecule has 1 aliphatic heterocycles. The molecule has 1 saturated heterocycles. The van der Waals surface area contributed by atoms with Crippen molar-refractivity contribution in [2.75, 3.05) is 6.54 Å². The summed E-state index contributed by atoms with van der Waals surface area (Å²) in [5.41, 5.74) is 3.17. The summed E-state index contributed by atoms with van der Waals surface area (Å²) in [7, 11) is 0. The van der Waals surface area contributed by atoms with E-state index in [0.29, 0.717) is 5.56 Å². The number of hydrogen-bond acceptors (Lipinski definition) is 5. The molecule has 2 N–H and O–H groups in total. The number of hydrogen-bond donors (Lipinski definition) is 1. The Morgan fingerprint density at radius 2 is 1.77 bits per heavy atom. The summed E-state index contributed by atoms with van der Waals surface area (Å²) in [5.74, 6) is -7.76. The van der Waals surface area contributed by atoms with Crippen LogP contribution < -0.4 is 17.0 Å². The summed E-state index contributed by atoms with van der Waals surface area (Å²) in [4.78, 5) is 57.6. The van der Waals surface area contributed by atoms with Gasteiger partial charge >= 0.3 is 5.69 Å². The van der Waals surface area contributed by atoms with Crippen LogP contribution in [0.1, 0.15) is 60.4 Å². The van der Waals surface area contributed by atoms with Gasteiger partial charge in [-0.05, 0) is 31.4 Å². The zero-order valence-electron chi connectivity index (χ0n) is 23.6. The van der Waals surface area contributed by atoms with Crippen LogP contribution in [-0.4, -0.2) is 55.0 Å². The highest BCUT2D eigenvalue weighted by Gasteiger charge is 2.59. The second-order valence-electron chi connectivity index (χ2n) is 11.3. The molecule has 1 aromatic carbocycles. The highest BCUT2D eigenvalue weighted by Crippen LogP contribution is 2.50. The molecule has 2 unspecified atom stereocenters. The second kappa shape index (κ2) is 11.1. The van der Waals surface area contributed by atoms with Crippen molar-refractivity contribution in [1.29, 1.82) is 0 Å². The van der Waals surface area contributed by atoms with Crippen molar-refractivity contribution < 1.29 is 27.2 Å². The molecular weight excluding hydrogens is 570 g/mol. The Balaban J connectivity index is 1.61. The predicted octanol–water partition coefficient (Wildman–Crippen LogP) is 3.01. The van der Waals surface area contributed by atoms with Crippen molar-refractivity contribution in [3.8, 4) is 0 Å². The summed E-state index contributed by atoms with van der Waals surface area (Å²) in [6.07, 6.45) is -2.05. The number of likely N-dealkylation sites (tertiary alicyclic amines) is 1. The van der Waals surface area contributed by atoms with Gasteiger partial charge in [0.15, 0.2) is 0 Å². The van der Waals surface area contributed by atoms with Gasteiger partial charge in [-0.25, -0.2) is 22.9 Å². The van der Waals surface area contributed by atoms with Crippen LogP contribution in [0.3, 0.4) is 0 Å². The average molecular weight is 602 g/mol. The van der Waals surface area contributed by atoms with Crippen molar-refractivity contribution in [1.82, 2.24) is 19.0 Å². The molecule has 13 heteroatoms. The van der Waals surface area contributed by atoms with Crippen LogP contribution in [0.5, 0.6) is 0 Å². The number of aryl methyl sites for hydroxylation is 1. The van der Waals surface area contributed by atoms with E-state index in [1.54, 1.807) is 37.3 Å². The Labute approximate surface area is 243 Å². The van der Waals surface area contributed by atoms with E-state index < -0.39 is 90.8 Å². The molecule has 2 fully saturated rings. The van der Waals surface area contributed by atoms with Crippen molar-refractivity contribution >= 4 is 11.8 Å². The maximum absolute atomic E-state index is 15.4. The van der Waals surface area contributed by atoms with E-state index in [4.69, 9.17) is 5.73 Å². The topological polar surface area (TPSA) is 120 Å². The maximum atomic E-state index is 15.4. The molecule has 0 radical (unpaired) electrons.